The van der Waals surface area contributed by atoms with Gasteiger partial charge in [0.1, 0.15) is 0 Å². The highest BCUT2D eigenvalue weighted by atomic mass is 16.7. The van der Waals surface area contributed by atoms with Gasteiger partial charge in [-0.1, -0.05) is 26.0 Å². The summed E-state index contributed by atoms with van der Waals surface area (Å²) in [5.74, 6) is 2.58. The molecule has 5 heteroatoms. The minimum absolute atomic E-state index is 0.0870. The molecule has 4 bridgehead atoms. The summed E-state index contributed by atoms with van der Waals surface area (Å²) >= 11 is 0. The average molecular weight is 385 g/mol. The molecule has 1 aromatic carbocycles. The van der Waals surface area contributed by atoms with E-state index in [1.165, 1.54) is 44.1 Å². The van der Waals surface area contributed by atoms with Crippen molar-refractivity contribution in [1.82, 2.24) is 5.48 Å². The summed E-state index contributed by atoms with van der Waals surface area (Å²) in [6.07, 6.45) is 8.23. The largest absolute Gasteiger partial charge is 0.324 e. The number of benzene rings is 1. The van der Waals surface area contributed by atoms with Crippen LogP contribution in [0.15, 0.2) is 24.3 Å². The van der Waals surface area contributed by atoms with Crippen molar-refractivity contribution in [2.45, 2.75) is 64.7 Å². The zero-order chi connectivity index (χ0) is 19.7. The molecule has 152 valence electrons. The van der Waals surface area contributed by atoms with Crippen LogP contribution in [-0.4, -0.2) is 18.4 Å². The van der Waals surface area contributed by atoms with Crippen LogP contribution in [0.25, 0.3) is 0 Å². The molecule has 5 nitrogen and oxygen atoms in total. The second kappa shape index (κ2) is 7.86. The number of hydrogen-bond donors (Lipinski definition) is 2. The van der Waals surface area contributed by atoms with Crippen LogP contribution in [0.4, 0.5) is 5.69 Å². The van der Waals surface area contributed by atoms with E-state index < -0.39 is 0 Å². The molecule has 4 aliphatic carbocycles. The van der Waals surface area contributed by atoms with Crippen molar-refractivity contribution >= 4 is 17.5 Å². The van der Waals surface area contributed by atoms with Gasteiger partial charge in [-0.15, -0.1) is 0 Å². The maximum Gasteiger partial charge on any atom is 0.253 e. The Labute approximate surface area is 167 Å². The van der Waals surface area contributed by atoms with E-state index in [0.717, 1.165) is 23.4 Å². The first kappa shape index (κ1) is 19.4. The molecule has 2 N–H and O–H groups in total. The lowest BCUT2D eigenvalue weighted by Crippen LogP contribution is -2.48. The highest BCUT2D eigenvalue weighted by Crippen LogP contribution is 2.61. The van der Waals surface area contributed by atoms with Crippen molar-refractivity contribution < 1.29 is 14.4 Å². The molecule has 0 atom stereocenters. The zero-order valence-corrected chi connectivity index (χ0v) is 17.0. The van der Waals surface area contributed by atoms with Crippen LogP contribution >= 0.6 is 0 Å². The van der Waals surface area contributed by atoms with E-state index in [2.05, 4.69) is 24.6 Å². The predicted molar refractivity (Wildman–Crippen MR) is 108 cm³/mol. The summed E-state index contributed by atoms with van der Waals surface area (Å²) in [5, 5.41) is 2.79. The third kappa shape index (κ3) is 4.40. The molecule has 0 spiro atoms. The molecule has 2 amide bonds. The highest BCUT2D eigenvalue weighted by Gasteiger charge is 2.51. The minimum Gasteiger partial charge on any atom is -0.324 e. The number of amides is 2. The maximum atomic E-state index is 12.4. The lowest BCUT2D eigenvalue weighted by Gasteiger charge is -2.56. The Morgan fingerprint density at radius 1 is 1.00 bits per heavy atom. The van der Waals surface area contributed by atoms with Crippen LogP contribution in [0.3, 0.4) is 0 Å². The Morgan fingerprint density at radius 3 is 2.11 bits per heavy atom. The molecule has 4 fully saturated rings. The topological polar surface area (TPSA) is 67.4 Å². The van der Waals surface area contributed by atoms with Gasteiger partial charge < -0.3 is 5.32 Å². The number of carbonyl (C=O) groups excluding carboxylic acids is 2. The Morgan fingerprint density at radius 2 is 1.57 bits per heavy atom. The van der Waals surface area contributed by atoms with Gasteiger partial charge in [0.25, 0.3) is 5.91 Å². The second-order valence-electron chi connectivity index (χ2n) is 9.73. The third-order valence-electron chi connectivity index (χ3n) is 6.95. The van der Waals surface area contributed by atoms with Gasteiger partial charge in [-0.05, 0) is 85.3 Å². The second-order valence-corrected chi connectivity index (χ2v) is 9.73. The van der Waals surface area contributed by atoms with Crippen LogP contribution in [0.5, 0.6) is 0 Å². The highest BCUT2D eigenvalue weighted by molar-refractivity contribution is 5.91. The smallest absolute Gasteiger partial charge is 0.253 e. The number of nitrogens with one attached hydrogen (secondary N) is 2. The van der Waals surface area contributed by atoms with Crippen LogP contribution in [0.1, 0.15) is 70.3 Å². The first-order valence-electron chi connectivity index (χ1n) is 10.7. The van der Waals surface area contributed by atoms with E-state index in [0.29, 0.717) is 12.3 Å². The summed E-state index contributed by atoms with van der Waals surface area (Å²) in [7, 11) is 0. The van der Waals surface area contributed by atoms with Gasteiger partial charge in [0.2, 0.25) is 5.91 Å². The lowest BCUT2D eigenvalue weighted by molar-refractivity contribution is -0.143. The van der Waals surface area contributed by atoms with Crippen LogP contribution in [-0.2, 0) is 14.4 Å². The Bertz CT molecular complexity index is 691. The first-order chi connectivity index (χ1) is 13.4. The number of carbonyl (C=O) groups is 2. The molecule has 0 unspecified atom stereocenters. The molecule has 0 heterocycles. The van der Waals surface area contributed by atoms with Crippen molar-refractivity contribution in [2.24, 2.45) is 23.2 Å². The van der Waals surface area contributed by atoms with Crippen molar-refractivity contribution in [3.63, 3.8) is 0 Å². The summed E-state index contributed by atoms with van der Waals surface area (Å²) in [5.41, 5.74) is 4.64. The Kier molecular flexibility index (Phi) is 5.46. The summed E-state index contributed by atoms with van der Waals surface area (Å²) < 4.78 is 0. The monoisotopic (exact) mass is 384 g/mol. The number of rotatable bonds is 7. The van der Waals surface area contributed by atoms with Crippen LogP contribution in [0.2, 0.25) is 0 Å². The molecule has 0 aromatic heterocycles. The zero-order valence-electron chi connectivity index (χ0n) is 17.0. The summed E-state index contributed by atoms with van der Waals surface area (Å²) in [4.78, 5) is 29.6. The SMILES string of the molecule is CC(C)c1ccc(NC(=O)CONC(=O)CC23CC4CC(CC(C4)C2)C3)cc1. The van der Waals surface area contributed by atoms with Gasteiger partial charge in [0.05, 0.1) is 0 Å². The molecular formula is C23H32N2O3. The summed E-state index contributed by atoms with van der Waals surface area (Å²) in [6, 6.07) is 7.79. The molecule has 4 saturated carbocycles. The number of anilines is 1. The minimum atomic E-state index is -0.271. The van der Waals surface area contributed by atoms with Gasteiger partial charge in [-0.25, -0.2) is 5.48 Å². The van der Waals surface area contributed by atoms with E-state index in [-0.39, 0.29) is 23.8 Å². The van der Waals surface area contributed by atoms with Gasteiger partial charge in [-0.3, -0.25) is 14.4 Å². The third-order valence-corrected chi connectivity index (χ3v) is 6.95. The van der Waals surface area contributed by atoms with Crippen LogP contribution < -0.4 is 10.8 Å². The maximum absolute atomic E-state index is 12.4. The number of hydroxylamine groups is 1. The summed E-state index contributed by atoms with van der Waals surface area (Å²) in [6.45, 7) is 4.08. The Hall–Kier alpha value is -1.88. The molecule has 0 aliphatic heterocycles. The van der Waals surface area contributed by atoms with E-state index >= 15 is 0 Å². The van der Waals surface area contributed by atoms with E-state index in [4.69, 9.17) is 4.84 Å². The van der Waals surface area contributed by atoms with Crippen molar-refractivity contribution in [3.05, 3.63) is 29.8 Å². The normalized spacial score (nSPS) is 30.5. The molecule has 4 aliphatic rings. The fraction of sp³-hybridized carbons (Fsp3) is 0.652. The number of hydrogen-bond acceptors (Lipinski definition) is 3. The van der Waals surface area contributed by atoms with Gasteiger partial charge in [0, 0.05) is 12.1 Å². The average Bonchev–Trinajstić information content (AvgIpc) is 2.60. The molecule has 0 radical (unpaired) electrons. The lowest BCUT2D eigenvalue weighted by atomic mass is 9.49. The van der Waals surface area contributed by atoms with E-state index in [9.17, 15) is 9.59 Å². The van der Waals surface area contributed by atoms with E-state index in [1.54, 1.807) is 0 Å². The van der Waals surface area contributed by atoms with Crippen LogP contribution in [0, 0.1) is 23.2 Å². The molecule has 5 rings (SSSR count). The van der Waals surface area contributed by atoms with Crippen molar-refractivity contribution in [2.75, 3.05) is 11.9 Å². The van der Waals surface area contributed by atoms with Gasteiger partial charge >= 0.3 is 0 Å². The van der Waals surface area contributed by atoms with Crippen molar-refractivity contribution in [3.8, 4) is 0 Å². The first-order valence-corrected chi connectivity index (χ1v) is 10.7. The quantitative estimate of drug-likeness (QED) is 0.685. The molecule has 0 saturated heterocycles. The Balaban J connectivity index is 1.20. The fourth-order valence-electron chi connectivity index (χ4n) is 6.21. The fourth-order valence-corrected chi connectivity index (χ4v) is 6.21. The predicted octanol–water partition coefficient (Wildman–Crippen LogP) is 4.40. The molecular weight excluding hydrogens is 352 g/mol. The molecule has 1 aromatic rings. The molecule has 28 heavy (non-hydrogen) atoms. The van der Waals surface area contributed by atoms with E-state index in [1.807, 2.05) is 24.3 Å². The van der Waals surface area contributed by atoms with Gasteiger partial charge in [0.15, 0.2) is 6.61 Å². The van der Waals surface area contributed by atoms with Crippen molar-refractivity contribution in [1.29, 1.82) is 0 Å². The van der Waals surface area contributed by atoms with Gasteiger partial charge in [-0.2, -0.15) is 0 Å². The standard InChI is InChI=1S/C23H32N2O3/c1-15(2)19-3-5-20(6-4-19)24-22(27)14-28-25-21(26)13-23-10-16-7-17(11-23)9-18(8-16)12-23/h3-6,15-18H,7-14H2,1-2H3,(H,24,27)(H,25,26).